The van der Waals surface area contributed by atoms with Gasteiger partial charge in [0.25, 0.3) is 0 Å². The first-order valence-corrected chi connectivity index (χ1v) is 21.0. The van der Waals surface area contributed by atoms with E-state index >= 15 is 0 Å². The molecule has 8 aliphatic rings. The molecule has 0 nitrogen and oxygen atoms in total. The van der Waals surface area contributed by atoms with Crippen LogP contribution in [0.1, 0.15) is 120 Å². The van der Waals surface area contributed by atoms with E-state index in [1.54, 1.807) is 0 Å². The van der Waals surface area contributed by atoms with E-state index in [2.05, 4.69) is 119 Å². The first-order chi connectivity index (χ1) is 18.8. The second-order valence-electron chi connectivity index (χ2n) is 18.4. The highest BCUT2D eigenvalue weighted by Gasteiger charge is 2.95. The molecule has 0 radical (unpaired) electrons. The molecular weight excluding hydrogens is 870 g/mol. The van der Waals surface area contributed by atoms with E-state index in [0.29, 0.717) is 45.3 Å². The van der Waals surface area contributed by atoms with Crippen molar-refractivity contribution >= 4 is 110 Å². The van der Waals surface area contributed by atoms with Gasteiger partial charge in [-0.05, 0) is 96.7 Å². The average Bonchev–Trinajstić information content (AvgIpc) is 3.70. The Bertz CT molecular complexity index is 1150. The van der Waals surface area contributed by atoms with Crippen molar-refractivity contribution in [2.45, 2.75) is 135 Å². The molecule has 0 aromatic carbocycles. The maximum Gasteiger partial charge on any atom is 0.130 e. The highest BCUT2D eigenvalue weighted by Crippen LogP contribution is 2.96. The van der Waals surface area contributed by atoms with Gasteiger partial charge in [-0.15, -0.1) is 46.4 Å². The normalized spacial score (nSPS) is 58.3. The number of fused-ring (bicyclic) bond motifs is 4. The van der Waals surface area contributed by atoms with Crippen molar-refractivity contribution < 1.29 is 0 Å². The van der Waals surface area contributed by atoms with Gasteiger partial charge in [-0.2, -0.15) is 0 Å². The van der Waals surface area contributed by atoms with E-state index in [-0.39, 0.29) is 28.1 Å². The molecule has 0 amide bonds. The zero-order valence-corrected chi connectivity index (χ0v) is 35.8. The van der Waals surface area contributed by atoms with Crippen LogP contribution in [0.15, 0.2) is 0 Å². The average molecular weight is 918 g/mol. The first kappa shape index (κ1) is 33.6. The molecule has 240 valence electrons. The van der Waals surface area contributed by atoms with Gasteiger partial charge in [0.1, 0.15) is 8.67 Å². The summed E-state index contributed by atoms with van der Waals surface area (Å²) < 4.78 is -0.920. The van der Waals surface area contributed by atoms with Crippen molar-refractivity contribution in [1.82, 2.24) is 0 Å². The standard InChI is InChI=1S/2C17H24Br2Cl2/c2*1-12(2)6-5-7-14(4)15(17(14,20)21)9-8-13(3)11(10(12)15)16(13,18)19/h2*10-11H,5-9H2,1-4H3/t2*10-,11+,13-,14-,15+/m11/s1. The third-order valence-electron chi connectivity index (χ3n) is 16.3. The lowest BCUT2D eigenvalue weighted by Gasteiger charge is -2.45. The van der Waals surface area contributed by atoms with Crippen molar-refractivity contribution in [3.05, 3.63) is 0 Å². The van der Waals surface area contributed by atoms with Gasteiger partial charge in [-0.3, -0.25) is 0 Å². The van der Waals surface area contributed by atoms with Crippen molar-refractivity contribution in [2.75, 3.05) is 0 Å². The van der Waals surface area contributed by atoms with Crippen LogP contribution in [0.2, 0.25) is 0 Å². The zero-order valence-electron chi connectivity index (χ0n) is 26.4. The molecule has 10 atom stereocenters. The maximum atomic E-state index is 6.98. The largest absolute Gasteiger partial charge is 0.130 e. The second-order valence-corrected chi connectivity index (χ2v) is 28.2. The van der Waals surface area contributed by atoms with Crippen LogP contribution in [0.5, 0.6) is 0 Å². The second kappa shape index (κ2) is 8.68. The van der Waals surface area contributed by atoms with E-state index < -0.39 is 8.67 Å². The lowest BCUT2D eigenvalue weighted by molar-refractivity contribution is 0.0279. The number of hydrogen-bond acceptors (Lipinski definition) is 0. The van der Waals surface area contributed by atoms with E-state index in [0.717, 1.165) is 0 Å². The van der Waals surface area contributed by atoms with Gasteiger partial charge < -0.3 is 0 Å². The molecule has 2 spiro atoms. The van der Waals surface area contributed by atoms with Gasteiger partial charge in [-0.1, -0.05) is 132 Å². The summed E-state index contributed by atoms with van der Waals surface area (Å²) in [5.41, 5.74) is 1.71. The summed E-state index contributed by atoms with van der Waals surface area (Å²) in [4.78, 5) is 0. The molecular formula is C34H48Br4Cl4. The first-order valence-electron chi connectivity index (χ1n) is 16.3. The molecule has 0 aromatic heterocycles. The highest BCUT2D eigenvalue weighted by atomic mass is 79.9. The Morgan fingerprint density at radius 3 is 1.05 bits per heavy atom. The summed E-state index contributed by atoms with van der Waals surface area (Å²) >= 11 is 43.9. The lowest BCUT2D eigenvalue weighted by Crippen LogP contribution is -2.41. The van der Waals surface area contributed by atoms with Crippen LogP contribution in [0.4, 0.5) is 0 Å². The van der Waals surface area contributed by atoms with Crippen LogP contribution in [0.25, 0.3) is 0 Å². The smallest absolute Gasteiger partial charge is 0.100 e. The Kier molecular flexibility index (Phi) is 6.94. The summed E-state index contributed by atoms with van der Waals surface area (Å²) in [5, 5.41) is 0. The number of halogens is 8. The monoisotopic (exact) mass is 912 g/mol. The topological polar surface area (TPSA) is 0 Å². The van der Waals surface area contributed by atoms with Crippen LogP contribution in [-0.2, 0) is 0 Å². The van der Waals surface area contributed by atoms with Crippen LogP contribution in [-0.4, -0.2) is 15.1 Å². The van der Waals surface area contributed by atoms with Crippen molar-refractivity contribution in [2.24, 2.45) is 67.0 Å². The van der Waals surface area contributed by atoms with Crippen molar-refractivity contribution in [3.63, 3.8) is 0 Å². The molecule has 42 heavy (non-hydrogen) atoms. The predicted octanol–water partition coefficient (Wildman–Crippen LogP) is 13.8. The molecule has 0 heterocycles. The maximum absolute atomic E-state index is 6.98. The molecule has 0 bridgehead atoms. The third kappa shape index (κ3) is 3.26. The fourth-order valence-electron chi connectivity index (χ4n) is 13.5. The molecule has 0 N–H and O–H groups in total. The summed E-state index contributed by atoms with van der Waals surface area (Å²) in [6.45, 7) is 19.4. The molecule has 0 aliphatic heterocycles. The molecule has 0 unspecified atom stereocenters. The van der Waals surface area contributed by atoms with Gasteiger partial charge in [0.2, 0.25) is 0 Å². The Balaban J connectivity index is 0.000000137. The minimum absolute atomic E-state index is 0.0795. The molecule has 8 saturated carbocycles. The zero-order chi connectivity index (χ0) is 31.4. The van der Waals surface area contributed by atoms with Crippen LogP contribution >= 0.6 is 110 Å². The Labute approximate surface area is 308 Å². The fourth-order valence-corrected chi connectivity index (χ4v) is 20.4. The summed E-state index contributed by atoms with van der Waals surface area (Å²) in [6.07, 6.45) is 12.3. The summed E-state index contributed by atoms with van der Waals surface area (Å²) in [5.74, 6) is 2.44. The predicted molar refractivity (Wildman–Crippen MR) is 195 cm³/mol. The Hall–Kier alpha value is 3.08. The van der Waals surface area contributed by atoms with Gasteiger partial charge in [0, 0.05) is 21.7 Å². The van der Waals surface area contributed by atoms with Crippen LogP contribution < -0.4 is 0 Å². The fraction of sp³-hybridized carbons (Fsp3) is 1.00. The minimum atomic E-state index is -0.539. The quantitative estimate of drug-likeness (QED) is 0.212. The number of rotatable bonds is 0. The molecule has 0 aromatic rings. The van der Waals surface area contributed by atoms with E-state index in [4.69, 9.17) is 46.4 Å². The van der Waals surface area contributed by atoms with E-state index in [9.17, 15) is 0 Å². The minimum Gasteiger partial charge on any atom is -0.100 e. The van der Waals surface area contributed by atoms with Crippen LogP contribution in [0, 0.1) is 67.0 Å². The number of alkyl halides is 8. The molecule has 8 aliphatic carbocycles. The van der Waals surface area contributed by atoms with Gasteiger partial charge in [0.15, 0.2) is 0 Å². The SMILES string of the molecule is CC1(C)CCC[C@@]2(C)C(Cl)(Cl)[C@]23CC[C@]2(C)[C@H]([C@H]13)C2(Br)Br.CC1(C)CCC[C@@]2(C)C(Cl)(Cl)[C@]23CC[C@]2(C)[C@H]([C@H]13)C2(Br)Br. The number of hydrogen-bond donors (Lipinski definition) is 0. The molecule has 8 fully saturated rings. The molecule has 0 saturated heterocycles. The summed E-state index contributed by atoms with van der Waals surface area (Å²) in [6, 6.07) is 0. The van der Waals surface area contributed by atoms with E-state index in [1.165, 1.54) is 64.2 Å². The van der Waals surface area contributed by atoms with Crippen LogP contribution in [0.3, 0.4) is 0 Å². The van der Waals surface area contributed by atoms with Gasteiger partial charge in [0.05, 0.1) is 6.47 Å². The third-order valence-corrected chi connectivity index (χ3v) is 25.0. The summed E-state index contributed by atoms with van der Waals surface area (Å²) in [7, 11) is 0. The highest BCUT2D eigenvalue weighted by molar-refractivity contribution is 9.26. The Morgan fingerprint density at radius 2 is 0.738 bits per heavy atom. The molecule has 8 rings (SSSR count). The van der Waals surface area contributed by atoms with Gasteiger partial charge in [-0.25, -0.2) is 0 Å². The van der Waals surface area contributed by atoms with Crippen molar-refractivity contribution in [3.8, 4) is 0 Å². The Morgan fingerprint density at radius 1 is 0.429 bits per heavy atom. The lowest BCUT2D eigenvalue weighted by atomic mass is 9.59. The van der Waals surface area contributed by atoms with Crippen molar-refractivity contribution in [1.29, 1.82) is 0 Å². The van der Waals surface area contributed by atoms with E-state index in [1.807, 2.05) is 0 Å². The molecule has 8 heteroatoms. The van der Waals surface area contributed by atoms with Gasteiger partial charge >= 0.3 is 0 Å².